The first kappa shape index (κ1) is 7.13. The number of rotatable bonds is 0. The van der Waals surface area contributed by atoms with Crippen molar-refractivity contribution in [1.82, 2.24) is 4.98 Å². The summed E-state index contributed by atoms with van der Waals surface area (Å²) < 4.78 is 5.97. The molecule has 0 bridgehead atoms. The molecule has 0 aromatic carbocycles. The minimum absolute atomic E-state index is 0.464. The highest BCUT2D eigenvalue weighted by Crippen LogP contribution is 2.25. The molecule has 0 fully saturated rings. The highest BCUT2D eigenvalue weighted by Gasteiger charge is 2.03. The number of furan rings is 1. The SMILES string of the molecule is Clc1cc(Br)c2occc2n1. The minimum Gasteiger partial charge on any atom is -0.461 e. The maximum atomic E-state index is 5.70. The zero-order chi connectivity index (χ0) is 7.84. The highest BCUT2D eigenvalue weighted by molar-refractivity contribution is 9.10. The molecule has 0 saturated heterocycles. The predicted molar refractivity (Wildman–Crippen MR) is 46.7 cm³/mol. The maximum absolute atomic E-state index is 5.70. The van der Waals surface area contributed by atoms with E-state index in [-0.39, 0.29) is 0 Å². The summed E-state index contributed by atoms with van der Waals surface area (Å²) in [5, 5.41) is 0.464. The Morgan fingerprint density at radius 2 is 2.36 bits per heavy atom. The molecule has 2 aromatic rings. The largest absolute Gasteiger partial charge is 0.461 e. The third-order valence-corrected chi connectivity index (χ3v) is 2.12. The summed E-state index contributed by atoms with van der Waals surface area (Å²) in [4.78, 5) is 4.04. The van der Waals surface area contributed by atoms with E-state index in [9.17, 15) is 0 Å². The molecule has 4 heteroatoms. The van der Waals surface area contributed by atoms with Gasteiger partial charge in [0.2, 0.25) is 0 Å². The van der Waals surface area contributed by atoms with E-state index < -0.39 is 0 Å². The molecular formula is C7H3BrClNO. The average molecular weight is 232 g/mol. The lowest BCUT2D eigenvalue weighted by Gasteiger charge is -1.92. The molecule has 2 nitrogen and oxygen atoms in total. The Labute approximate surface area is 76.3 Å². The molecule has 0 N–H and O–H groups in total. The molecule has 0 aliphatic carbocycles. The van der Waals surface area contributed by atoms with Crippen LogP contribution in [0.2, 0.25) is 5.15 Å². The summed E-state index contributed by atoms with van der Waals surface area (Å²) in [6.07, 6.45) is 1.58. The van der Waals surface area contributed by atoms with Gasteiger partial charge < -0.3 is 4.42 Å². The van der Waals surface area contributed by atoms with Gasteiger partial charge in [-0.25, -0.2) is 4.98 Å². The minimum atomic E-state index is 0.464. The second-order valence-electron chi connectivity index (χ2n) is 2.06. The van der Waals surface area contributed by atoms with Crippen LogP contribution in [-0.4, -0.2) is 4.98 Å². The molecular weight excluding hydrogens is 229 g/mol. The van der Waals surface area contributed by atoms with Gasteiger partial charge in [-0.2, -0.15) is 0 Å². The van der Waals surface area contributed by atoms with Crippen molar-refractivity contribution in [3.8, 4) is 0 Å². The van der Waals surface area contributed by atoms with Gasteiger partial charge >= 0.3 is 0 Å². The van der Waals surface area contributed by atoms with Gasteiger partial charge in [-0.15, -0.1) is 0 Å². The van der Waals surface area contributed by atoms with Crippen LogP contribution in [0.4, 0.5) is 0 Å². The molecule has 0 spiro atoms. The van der Waals surface area contributed by atoms with Crippen molar-refractivity contribution in [3.63, 3.8) is 0 Å². The Kier molecular flexibility index (Phi) is 1.62. The second-order valence-corrected chi connectivity index (χ2v) is 3.30. The molecule has 0 radical (unpaired) electrons. The molecule has 2 heterocycles. The number of aromatic nitrogens is 1. The number of hydrogen-bond acceptors (Lipinski definition) is 2. The van der Waals surface area contributed by atoms with Crippen LogP contribution in [0.5, 0.6) is 0 Å². The van der Waals surface area contributed by atoms with Crippen LogP contribution in [0, 0.1) is 0 Å². The number of fused-ring (bicyclic) bond motifs is 1. The summed E-state index contributed by atoms with van der Waals surface area (Å²) in [7, 11) is 0. The molecule has 0 amide bonds. The molecule has 2 aromatic heterocycles. The van der Waals surface area contributed by atoms with Gasteiger partial charge in [0.25, 0.3) is 0 Å². The van der Waals surface area contributed by atoms with E-state index >= 15 is 0 Å². The van der Waals surface area contributed by atoms with Crippen molar-refractivity contribution in [2.75, 3.05) is 0 Å². The third-order valence-electron chi connectivity index (χ3n) is 1.33. The molecule has 0 aliphatic heterocycles. The van der Waals surface area contributed by atoms with Gasteiger partial charge in [-0.05, 0) is 22.0 Å². The lowest BCUT2D eigenvalue weighted by molar-refractivity contribution is 0.613. The van der Waals surface area contributed by atoms with E-state index in [0.717, 1.165) is 15.6 Å². The van der Waals surface area contributed by atoms with Gasteiger partial charge in [0.1, 0.15) is 10.7 Å². The first-order valence-corrected chi connectivity index (χ1v) is 4.14. The zero-order valence-electron chi connectivity index (χ0n) is 5.34. The topological polar surface area (TPSA) is 26.0 Å². The number of hydrogen-bond donors (Lipinski definition) is 0. The molecule has 0 unspecified atom stereocenters. The van der Waals surface area contributed by atoms with Crippen molar-refractivity contribution >= 4 is 38.6 Å². The summed E-state index contributed by atoms with van der Waals surface area (Å²) >= 11 is 9.01. The summed E-state index contributed by atoms with van der Waals surface area (Å²) in [6.45, 7) is 0. The summed E-state index contributed by atoms with van der Waals surface area (Å²) in [5.41, 5.74) is 1.50. The molecule has 0 saturated carbocycles. The average Bonchev–Trinajstić information content (AvgIpc) is 2.34. The fourth-order valence-electron chi connectivity index (χ4n) is 0.887. The van der Waals surface area contributed by atoms with Gasteiger partial charge in [0, 0.05) is 6.07 Å². The Bertz CT molecular complexity index is 398. The Hall–Kier alpha value is -0.540. The molecule has 56 valence electrons. The van der Waals surface area contributed by atoms with Crippen LogP contribution >= 0.6 is 27.5 Å². The van der Waals surface area contributed by atoms with Crippen molar-refractivity contribution in [2.45, 2.75) is 0 Å². The smallest absolute Gasteiger partial charge is 0.166 e. The predicted octanol–water partition coefficient (Wildman–Crippen LogP) is 3.24. The van der Waals surface area contributed by atoms with Crippen LogP contribution in [0.25, 0.3) is 11.1 Å². The van der Waals surface area contributed by atoms with Crippen LogP contribution in [0.3, 0.4) is 0 Å². The first-order chi connectivity index (χ1) is 5.27. The Balaban J connectivity index is 2.91. The third kappa shape index (κ3) is 1.14. The van der Waals surface area contributed by atoms with E-state index in [4.69, 9.17) is 16.0 Å². The normalized spacial score (nSPS) is 10.7. The molecule has 0 aliphatic rings. The second kappa shape index (κ2) is 2.50. The van der Waals surface area contributed by atoms with Crippen LogP contribution in [-0.2, 0) is 0 Å². The van der Waals surface area contributed by atoms with Crippen LogP contribution < -0.4 is 0 Å². The van der Waals surface area contributed by atoms with E-state index in [1.165, 1.54) is 0 Å². The van der Waals surface area contributed by atoms with Crippen molar-refractivity contribution in [3.05, 3.63) is 28.0 Å². The van der Waals surface area contributed by atoms with Crippen LogP contribution in [0.15, 0.2) is 27.3 Å². The van der Waals surface area contributed by atoms with E-state index in [1.807, 2.05) is 0 Å². The lowest BCUT2D eigenvalue weighted by atomic mass is 10.4. The fraction of sp³-hybridized carbons (Fsp3) is 0. The monoisotopic (exact) mass is 231 g/mol. The standard InChI is InChI=1S/C7H3BrClNO/c8-4-3-6(9)10-5-1-2-11-7(4)5/h1-3H. The van der Waals surface area contributed by atoms with Crippen molar-refractivity contribution < 1.29 is 4.42 Å². The van der Waals surface area contributed by atoms with E-state index in [1.54, 1.807) is 18.4 Å². The van der Waals surface area contributed by atoms with Gasteiger partial charge in [0.15, 0.2) is 5.58 Å². The summed E-state index contributed by atoms with van der Waals surface area (Å²) in [6, 6.07) is 3.47. The molecule has 0 atom stereocenters. The Morgan fingerprint density at radius 1 is 1.55 bits per heavy atom. The lowest BCUT2D eigenvalue weighted by Crippen LogP contribution is -1.75. The quantitative estimate of drug-likeness (QED) is 0.652. The molecule has 2 rings (SSSR count). The molecule has 11 heavy (non-hydrogen) atoms. The van der Waals surface area contributed by atoms with Gasteiger partial charge in [-0.3, -0.25) is 0 Å². The van der Waals surface area contributed by atoms with Crippen molar-refractivity contribution in [2.24, 2.45) is 0 Å². The fourth-order valence-corrected chi connectivity index (χ4v) is 1.73. The highest BCUT2D eigenvalue weighted by atomic mass is 79.9. The van der Waals surface area contributed by atoms with Crippen LogP contribution in [0.1, 0.15) is 0 Å². The first-order valence-electron chi connectivity index (χ1n) is 2.96. The number of nitrogens with zero attached hydrogens (tertiary/aromatic N) is 1. The van der Waals surface area contributed by atoms with Gasteiger partial charge in [-0.1, -0.05) is 11.6 Å². The number of halogens is 2. The Morgan fingerprint density at radius 3 is 3.18 bits per heavy atom. The van der Waals surface area contributed by atoms with E-state index in [2.05, 4.69) is 20.9 Å². The zero-order valence-corrected chi connectivity index (χ0v) is 7.69. The number of pyridine rings is 1. The van der Waals surface area contributed by atoms with E-state index in [0.29, 0.717) is 5.15 Å². The maximum Gasteiger partial charge on any atom is 0.166 e. The van der Waals surface area contributed by atoms with Gasteiger partial charge in [0.05, 0.1) is 10.7 Å². The van der Waals surface area contributed by atoms with Crippen molar-refractivity contribution in [1.29, 1.82) is 0 Å². The summed E-state index contributed by atoms with van der Waals surface area (Å²) in [5.74, 6) is 0.